The highest BCUT2D eigenvalue weighted by Gasteiger charge is 2.33. The summed E-state index contributed by atoms with van der Waals surface area (Å²) in [6.45, 7) is 4.58. The molecule has 0 bridgehead atoms. The molecule has 5 rings (SSSR count). The number of aryl methyl sites for hydroxylation is 2. The van der Waals surface area contributed by atoms with E-state index >= 15 is 0 Å². The maximum Gasteiger partial charge on any atom is 0.243 e. The van der Waals surface area contributed by atoms with Crippen molar-refractivity contribution in [2.45, 2.75) is 31.6 Å². The number of nitrogens with one attached hydrogen (secondary N) is 2. The Bertz CT molecular complexity index is 1500. The molecule has 1 aliphatic heterocycles. The van der Waals surface area contributed by atoms with Crippen molar-refractivity contribution >= 4 is 32.7 Å². The summed E-state index contributed by atoms with van der Waals surface area (Å²) in [5.41, 5.74) is 5.28. The number of benzene rings is 3. The van der Waals surface area contributed by atoms with Crippen LogP contribution in [0.2, 0.25) is 0 Å². The van der Waals surface area contributed by atoms with E-state index in [1.807, 2.05) is 62.4 Å². The van der Waals surface area contributed by atoms with Crippen LogP contribution in [0.1, 0.15) is 24.0 Å². The fraction of sp³-hybridized carbons (Fsp3) is 0.259. The van der Waals surface area contributed by atoms with E-state index in [1.165, 1.54) is 4.31 Å². The molecule has 1 atom stereocenters. The molecular weight excluding hydrogens is 460 g/mol. The number of imidazole rings is 1. The number of fused-ring (bicyclic) bond motifs is 1. The lowest BCUT2D eigenvalue weighted by Crippen LogP contribution is -2.43. The summed E-state index contributed by atoms with van der Waals surface area (Å²) < 4.78 is 28.4. The van der Waals surface area contributed by atoms with Crippen LogP contribution >= 0.6 is 0 Å². The SMILES string of the molecule is Cc1ccc(NC(=O)[C@H]2CCCN(S(=O)(=O)c3ccc4nc(-c5ccccc5)[nH]c4c3)C2)cc1C. The van der Waals surface area contributed by atoms with E-state index in [9.17, 15) is 13.2 Å². The number of aromatic nitrogens is 2. The van der Waals surface area contributed by atoms with Gasteiger partial charge in [0, 0.05) is 24.3 Å². The van der Waals surface area contributed by atoms with Crippen LogP contribution in [0.4, 0.5) is 5.69 Å². The number of carbonyl (C=O) groups excluding carboxylic acids is 1. The van der Waals surface area contributed by atoms with Crippen molar-refractivity contribution < 1.29 is 13.2 Å². The van der Waals surface area contributed by atoms with Crippen LogP contribution in [0.25, 0.3) is 22.4 Å². The molecule has 4 aromatic rings. The largest absolute Gasteiger partial charge is 0.338 e. The predicted octanol–water partition coefficient (Wildman–Crippen LogP) is 4.89. The van der Waals surface area contributed by atoms with Gasteiger partial charge in [0.25, 0.3) is 0 Å². The number of sulfonamides is 1. The average Bonchev–Trinajstić information content (AvgIpc) is 3.30. The maximum absolute atomic E-state index is 13.5. The van der Waals surface area contributed by atoms with Crippen molar-refractivity contribution in [3.63, 3.8) is 0 Å². The number of nitrogens with zero attached hydrogens (tertiary/aromatic N) is 2. The molecule has 7 nitrogen and oxygen atoms in total. The topological polar surface area (TPSA) is 95.2 Å². The van der Waals surface area contributed by atoms with Crippen LogP contribution in [0.15, 0.2) is 71.6 Å². The van der Waals surface area contributed by atoms with Gasteiger partial charge in [-0.1, -0.05) is 36.4 Å². The highest BCUT2D eigenvalue weighted by atomic mass is 32.2. The zero-order chi connectivity index (χ0) is 24.6. The van der Waals surface area contributed by atoms with Gasteiger partial charge in [-0.3, -0.25) is 4.79 Å². The molecule has 0 unspecified atom stereocenters. The van der Waals surface area contributed by atoms with Gasteiger partial charge in [0.2, 0.25) is 15.9 Å². The van der Waals surface area contributed by atoms with E-state index in [0.717, 1.165) is 22.4 Å². The molecular formula is C27H28N4O3S. The normalized spacial score (nSPS) is 16.9. The van der Waals surface area contributed by atoms with Gasteiger partial charge in [-0.05, 0) is 68.1 Å². The van der Waals surface area contributed by atoms with Gasteiger partial charge >= 0.3 is 0 Å². The monoisotopic (exact) mass is 488 g/mol. The zero-order valence-corrected chi connectivity index (χ0v) is 20.6. The third kappa shape index (κ3) is 4.72. The zero-order valence-electron chi connectivity index (χ0n) is 19.8. The minimum Gasteiger partial charge on any atom is -0.338 e. The van der Waals surface area contributed by atoms with Gasteiger partial charge in [-0.2, -0.15) is 4.31 Å². The predicted molar refractivity (Wildman–Crippen MR) is 138 cm³/mol. The fourth-order valence-corrected chi connectivity index (χ4v) is 6.02. The Kier molecular flexibility index (Phi) is 6.17. The number of hydrogen-bond acceptors (Lipinski definition) is 4. The first kappa shape index (κ1) is 23.3. The smallest absolute Gasteiger partial charge is 0.243 e. The van der Waals surface area contributed by atoms with Gasteiger partial charge in [-0.15, -0.1) is 0 Å². The summed E-state index contributed by atoms with van der Waals surface area (Å²) in [6, 6.07) is 20.4. The Morgan fingerprint density at radius 3 is 2.60 bits per heavy atom. The molecule has 0 radical (unpaired) electrons. The second-order valence-corrected chi connectivity index (χ2v) is 11.1. The van der Waals surface area contributed by atoms with Crippen molar-refractivity contribution in [3.05, 3.63) is 77.9 Å². The molecule has 0 spiro atoms. The molecule has 1 aliphatic rings. The Labute approximate surface area is 205 Å². The van der Waals surface area contributed by atoms with E-state index in [4.69, 9.17) is 0 Å². The van der Waals surface area contributed by atoms with E-state index in [-0.39, 0.29) is 17.3 Å². The standard InChI is InChI=1S/C27H28N4O3S/c1-18-10-11-22(15-19(18)2)28-27(32)21-9-6-14-31(17-21)35(33,34)23-12-13-24-25(16-23)30-26(29-24)20-7-4-3-5-8-20/h3-5,7-8,10-13,15-16,21H,6,9,14,17H2,1-2H3,(H,28,32)(H,29,30)/t21-/m0/s1. The molecule has 8 heteroatoms. The van der Waals surface area contributed by atoms with E-state index in [0.29, 0.717) is 36.2 Å². The molecule has 0 aliphatic carbocycles. The molecule has 1 amide bonds. The van der Waals surface area contributed by atoms with Crippen LogP contribution in [0.5, 0.6) is 0 Å². The summed E-state index contributed by atoms with van der Waals surface area (Å²) in [4.78, 5) is 21.0. The lowest BCUT2D eigenvalue weighted by atomic mass is 9.98. The van der Waals surface area contributed by atoms with Gasteiger partial charge in [-0.25, -0.2) is 13.4 Å². The molecule has 2 N–H and O–H groups in total. The highest BCUT2D eigenvalue weighted by Crippen LogP contribution is 2.28. The number of amides is 1. The van der Waals surface area contributed by atoms with Gasteiger partial charge in [0.1, 0.15) is 5.82 Å². The maximum atomic E-state index is 13.5. The minimum absolute atomic E-state index is 0.148. The van der Waals surface area contributed by atoms with Crippen LogP contribution in [0.3, 0.4) is 0 Å². The fourth-order valence-electron chi connectivity index (χ4n) is 4.47. The summed E-state index contributed by atoms with van der Waals surface area (Å²) in [5.74, 6) is 0.140. The number of H-pyrrole nitrogens is 1. The Morgan fingerprint density at radius 1 is 1.03 bits per heavy atom. The highest BCUT2D eigenvalue weighted by molar-refractivity contribution is 7.89. The summed E-state index contributed by atoms with van der Waals surface area (Å²) in [6.07, 6.45) is 1.29. The van der Waals surface area contributed by atoms with Crippen LogP contribution in [-0.4, -0.2) is 41.7 Å². The van der Waals surface area contributed by atoms with E-state index in [2.05, 4.69) is 15.3 Å². The number of rotatable bonds is 5. The molecule has 3 aromatic carbocycles. The molecule has 0 saturated carbocycles. The van der Waals surface area contributed by atoms with Gasteiger partial charge in [0.15, 0.2) is 0 Å². The van der Waals surface area contributed by atoms with E-state index in [1.54, 1.807) is 18.2 Å². The number of hydrogen-bond donors (Lipinski definition) is 2. The number of aromatic amines is 1. The third-order valence-corrected chi connectivity index (χ3v) is 8.53. The third-order valence-electron chi connectivity index (χ3n) is 6.67. The minimum atomic E-state index is -3.75. The lowest BCUT2D eigenvalue weighted by Gasteiger charge is -2.31. The van der Waals surface area contributed by atoms with Crippen molar-refractivity contribution in [3.8, 4) is 11.4 Å². The number of anilines is 1. The van der Waals surface area contributed by atoms with Crippen molar-refractivity contribution in [1.82, 2.24) is 14.3 Å². The Morgan fingerprint density at radius 2 is 1.83 bits per heavy atom. The first-order valence-corrected chi connectivity index (χ1v) is 13.2. The second kappa shape index (κ2) is 9.28. The molecule has 1 fully saturated rings. The molecule has 1 saturated heterocycles. The lowest BCUT2D eigenvalue weighted by molar-refractivity contribution is -0.120. The number of piperidine rings is 1. The molecule has 35 heavy (non-hydrogen) atoms. The first-order valence-electron chi connectivity index (χ1n) is 11.7. The Hall–Kier alpha value is -3.49. The first-order chi connectivity index (χ1) is 16.8. The average molecular weight is 489 g/mol. The van der Waals surface area contributed by atoms with Crippen LogP contribution < -0.4 is 5.32 Å². The van der Waals surface area contributed by atoms with Crippen LogP contribution in [0, 0.1) is 19.8 Å². The summed E-state index contributed by atoms with van der Waals surface area (Å²) in [5, 5.41) is 2.96. The van der Waals surface area contributed by atoms with Crippen molar-refractivity contribution in [2.24, 2.45) is 5.92 Å². The summed E-state index contributed by atoms with van der Waals surface area (Å²) in [7, 11) is -3.75. The van der Waals surface area contributed by atoms with Crippen molar-refractivity contribution in [2.75, 3.05) is 18.4 Å². The molecule has 2 heterocycles. The summed E-state index contributed by atoms with van der Waals surface area (Å²) >= 11 is 0. The Balaban J connectivity index is 1.34. The number of carbonyl (C=O) groups is 1. The van der Waals surface area contributed by atoms with Gasteiger partial charge in [0.05, 0.1) is 21.8 Å². The van der Waals surface area contributed by atoms with E-state index < -0.39 is 15.9 Å². The van der Waals surface area contributed by atoms with Crippen LogP contribution in [-0.2, 0) is 14.8 Å². The molecule has 1 aromatic heterocycles. The van der Waals surface area contributed by atoms with Gasteiger partial charge < -0.3 is 10.3 Å². The molecule has 180 valence electrons. The second-order valence-electron chi connectivity index (χ2n) is 9.12. The quantitative estimate of drug-likeness (QED) is 0.418. The van der Waals surface area contributed by atoms with Crippen molar-refractivity contribution in [1.29, 1.82) is 0 Å².